The Bertz CT molecular complexity index is 675. The van der Waals surface area contributed by atoms with Gasteiger partial charge in [0, 0.05) is 44.9 Å². The van der Waals surface area contributed by atoms with Crippen LogP contribution in [0.5, 0.6) is 0 Å². The quantitative estimate of drug-likeness (QED) is 0.922. The number of anilines is 1. The molecular weight excluding hydrogens is 287 g/mol. The van der Waals surface area contributed by atoms with Gasteiger partial charge in [-0.05, 0) is 24.3 Å². The number of nitrogens with zero attached hydrogens (tertiary/aromatic N) is 4. The van der Waals surface area contributed by atoms with E-state index in [9.17, 15) is 9.18 Å². The molecule has 2 aromatic rings. The molecule has 0 radical (unpaired) electrons. The average molecular weight is 304 g/mol. The Labute approximate surface area is 127 Å². The average Bonchev–Trinajstić information content (AvgIpc) is 2.90. The summed E-state index contributed by atoms with van der Waals surface area (Å²) in [7, 11) is 1.85. The predicted octanol–water partition coefficient (Wildman–Crippen LogP) is 2.03. The minimum absolute atomic E-state index is 0.273. The maximum Gasteiger partial charge on any atom is 0.407 e. The Hall–Kier alpha value is -2.57. The fourth-order valence-electron chi connectivity index (χ4n) is 2.64. The van der Waals surface area contributed by atoms with Gasteiger partial charge in [0.2, 0.25) is 0 Å². The van der Waals surface area contributed by atoms with Crippen molar-refractivity contribution in [3.63, 3.8) is 0 Å². The predicted molar refractivity (Wildman–Crippen MR) is 80.4 cm³/mol. The molecule has 7 heteroatoms. The highest BCUT2D eigenvalue weighted by atomic mass is 19.1. The van der Waals surface area contributed by atoms with Gasteiger partial charge in [0.15, 0.2) is 0 Å². The van der Waals surface area contributed by atoms with Crippen LogP contribution in [0.15, 0.2) is 30.3 Å². The summed E-state index contributed by atoms with van der Waals surface area (Å²) >= 11 is 0. The molecule has 1 saturated heterocycles. The molecule has 0 bridgehead atoms. The molecule has 0 atom stereocenters. The third kappa shape index (κ3) is 2.74. The Morgan fingerprint density at radius 3 is 2.41 bits per heavy atom. The summed E-state index contributed by atoms with van der Waals surface area (Å²) in [6, 6.07) is 8.17. The van der Waals surface area contributed by atoms with Crippen LogP contribution in [0.25, 0.3) is 11.3 Å². The number of amides is 1. The summed E-state index contributed by atoms with van der Waals surface area (Å²) in [6.07, 6.45) is -0.878. The lowest BCUT2D eigenvalue weighted by molar-refractivity contribution is 0.142. The molecule has 1 amide bonds. The van der Waals surface area contributed by atoms with E-state index < -0.39 is 6.09 Å². The first-order valence-corrected chi connectivity index (χ1v) is 7.07. The Morgan fingerprint density at radius 1 is 1.18 bits per heavy atom. The van der Waals surface area contributed by atoms with E-state index in [0.29, 0.717) is 26.2 Å². The number of carbonyl (C=O) groups is 1. The summed E-state index contributed by atoms with van der Waals surface area (Å²) in [5.41, 5.74) is 1.63. The van der Waals surface area contributed by atoms with E-state index in [-0.39, 0.29) is 5.82 Å². The van der Waals surface area contributed by atoms with E-state index in [1.165, 1.54) is 17.0 Å². The molecule has 22 heavy (non-hydrogen) atoms. The van der Waals surface area contributed by atoms with Gasteiger partial charge in [0.25, 0.3) is 0 Å². The lowest BCUT2D eigenvalue weighted by atomic mass is 10.1. The molecule has 3 rings (SSSR count). The van der Waals surface area contributed by atoms with Crippen LogP contribution in [0.1, 0.15) is 0 Å². The number of rotatable bonds is 2. The molecule has 1 aliphatic rings. The first-order chi connectivity index (χ1) is 10.5. The summed E-state index contributed by atoms with van der Waals surface area (Å²) in [5.74, 6) is 0.661. The fraction of sp³-hybridized carbons (Fsp3) is 0.333. The van der Waals surface area contributed by atoms with Crippen LogP contribution in [-0.4, -0.2) is 52.1 Å². The molecule has 1 aromatic heterocycles. The molecule has 1 aliphatic heterocycles. The van der Waals surface area contributed by atoms with Crippen molar-refractivity contribution in [3.8, 4) is 11.3 Å². The highest BCUT2D eigenvalue weighted by Gasteiger charge is 2.22. The Kier molecular flexibility index (Phi) is 3.70. The number of hydrogen-bond acceptors (Lipinski definition) is 3. The normalized spacial score (nSPS) is 15.2. The van der Waals surface area contributed by atoms with Gasteiger partial charge < -0.3 is 14.9 Å². The first kappa shape index (κ1) is 14.4. The molecule has 2 heterocycles. The summed E-state index contributed by atoms with van der Waals surface area (Å²) in [5, 5.41) is 13.4. The van der Waals surface area contributed by atoms with Crippen LogP contribution in [0.2, 0.25) is 0 Å². The topological polar surface area (TPSA) is 61.6 Å². The van der Waals surface area contributed by atoms with Crippen molar-refractivity contribution < 1.29 is 14.3 Å². The van der Waals surface area contributed by atoms with Crippen LogP contribution < -0.4 is 4.90 Å². The molecule has 0 unspecified atom stereocenters. The zero-order valence-electron chi connectivity index (χ0n) is 12.2. The molecule has 0 saturated carbocycles. The molecule has 1 fully saturated rings. The standard InChI is InChI=1S/C15H17FN4O2/c1-18-14(19-6-8-20(9-7-19)15(21)22)10-13(17-18)11-2-4-12(16)5-3-11/h2-5,10H,6-9H2,1H3,(H,21,22). The second-order valence-corrected chi connectivity index (χ2v) is 5.27. The number of halogens is 1. The zero-order valence-corrected chi connectivity index (χ0v) is 12.2. The van der Waals surface area contributed by atoms with Crippen LogP contribution in [0, 0.1) is 5.82 Å². The zero-order chi connectivity index (χ0) is 15.7. The molecule has 6 nitrogen and oxygen atoms in total. The van der Waals surface area contributed by atoms with Crippen molar-refractivity contribution in [1.82, 2.24) is 14.7 Å². The smallest absolute Gasteiger partial charge is 0.407 e. The van der Waals surface area contributed by atoms with Gasteiger partial charge in [-0.15, -0.1) is 0 Å². The number of piperazine rings is 1. The Balaban J connectivity index is 1.78. The maximum absolute atomic E-state index is 13.0. The number of aryl methyl sites for hydroxylation is 1. The Morgan fingerprint density at radius 2 is 1.82 bits per heavy atom. The highest BCUT2D eigenvalue weighted by molar-refractivity contribution is 5.66. The van der Waals surface area contributed by atoms with Crippen molar-refractivity contribution in [2.45, 2.75) is 0 Å². The summed E-state index contributed by atoms with van der Waals surface area (Å²) in [6.45, 7) is 2.22. The van der Waals surface area contributed by atoms with Crippen molar-refractivity contribution >= 4 is 11.9 Å². The minimum atomic E-state index is -0.878. The second kappa shape index (κ2) is 5.67. The monoisotopic (exact) mass is 304 g/mol. The van der Waals surface area contributed by atoms with Crippen molar-refractivity contribution in [2.24, 2.45) is 7.05 Å². The first-order valence-electron chi connectivity index (χ1n) is 7.07. The van der Waals surface area contributed by atoms with Crippen molar-refractivity contribution in [3.05, 3.63) is 36.1 Å². The maximum atomic E-state index is 13.0. The minimum Gasteiger partial charge on any atom is -0.465 e. The molecular formula is C15H17FN4O2. The summed E-state index contributed by atoms with van der Waals surface area (Å²) in [4.78, 5) is 14.5. The van der Waals surface area contributed by atoms with E-state index >= 15 is 0 Å². The van der Waals surface area contributed by atoms with Gasteiger partial charge in [-0.25, -0.2) is 9.18 Å². The van der Waals surface area contributed by atoms with Gasteiger partial charge in [-0.2, -0.15) is 5.10 Å². The fourth-order valence-corrected chi connectivity index (χ4v) is 2.64. The van der Waals surface area contributed by atoms with Crippen molar-refractivity contribution in [2.75, 3.05) is 31.1 Å². The van der Waals surface area contributed by atoms with Gasteiger partial charge in [0.1, 0.15) is 11.6 Å². The SMILES string of the molecule is Cn1nc(-c2ccc(F)cc2)cc1N1CCN(C(=O)O)CC1. The van der Waals surface area contributed by atoms with Crippen LogP contribution in [0.4, 0.5) is 15.0 Å². The third-order valence-electron chi connectivity index (χ3n) is 3.87. The van der Waals surface area contributed by atoms with Crippen LogP contribution in [0.3, 0.4) is 0 Å². The van der Waals surface area contributed by atoms with Crippen LogP contribution in [-0.2, 0) is 7.05 Å². The van der Waals surface area contributed by atoms with Gasteiger partial charge in [-0.3, -0.25) is 4.68 Å². The second-order valence-electron chi connectivity index (χ2n) is 5.27. The lowest BCUT2D eigenvalue weighted by Crippen LogP contribution is -2.48. The largest absolute Gasteiger partial charge is 0.465 e. The molecule has 1 N–H and O–H groups in total. The number of aromatic nitrogens is 2. The van der Waals surface area contributed by atoms with Gasteiger partial charge in [0.05, 0.1) is 5.69 Å². The van der Waals surface area contributed by atoms with Gasteiger partial charge in [-0.1, -0.05) is 0 Å². The summed E-state index contributed by atoms with van der Waals surface area (Å²) < 4.78 is 14.8. The molecule has 1 aromatic carbocycles. The van der Waals surface area contributed by atoms with E-state index in [1.54, 1.807) is 16.8 Å². The van der Waals surface area contributed by atoms with E-state index in [2.05, 4.69) is 10.00 Å². The van der Waals surface area contributed by atoms with Gasteiger partial charge >= 0.3 is 6.09 Å². The number of carboxylic acid groups (broad SMARTS) is 1. The van der Waals surface area contributed by atoms with E-state index in [4.69, 9.17) is 5.11 Å². The van der Waals surface area contributed by atoms with Crippen LogP contribution >= 0.6 is 0 Å². The number of hydrogen-bond donors (Lipinski definition) is 1. The highest BCUT2D eigenvalue weighted by Crippen LogP contribution is 2.24. The molecule has 0 spiro atoms. The lowest BCUT2D eigenvalue weighted by Gasteiger charge is -2.34. The van der Waals surface area contributed by atoms with E-state index in [0.717, 1.165) is 17.1 Å². The van der Waals surface area contributed by atoms with Crippen molar-refractivity contribution in [1.29, 1.82) is 0 Å². The molecule has 116 valence electrons. The van der Waals surface area contributed by atoms with E-state index in [1.807, 2.05) is 13.1 Å². The number of benzene rings is 1. The third-order valence-corrected chi connectivity index (χ3v) is 3.87. The molecule has 0 aliphatic carbocycles.